The van der Waals surface area contributed by atoms with Crippen LogP contribution in [0.3, 0.4) is 0 Å². The molecule has 0 aliphatic carbocycles. The second-order valence-electron chi connectivity index (χ2n) is 4.14. The van der Waals surface area contributed by atoms with Gasteiger partial charge in [-0.05, 0) is 37.1 Å². The number of rotatable bonds is 4. The van der Waals surface area contributed by atoms with Gasteiger partial charge in [0.2, 0.25) is 0 Å². The molecule has 0 fully saturated rings. The lowest BCUT2D eigenvalue weighted by atomic mass is 10.2. The van der Waals surface area contributed by atoms with Crippen LogP contribution in [0.25, 0.3) is 0 Å². The van der Waals surface area contributed by atoms with Crippen LogP contribution in [0.5, 0.6) is 11.5 Å². The number of para-hydroxylation sites is 2. The number of benzene rings is 2. The van der Waals surface area contributed by atoms with E-state index in [4.69, 9.17) is 9.05 Å². The Hall–Kier alpha value is -1.00. The molecule has 19 heavy (non-hydrogen) atoms. The van der Waals surface area contributed by atoms with Crippen LogP contribution in [-0.2, 0) is 4.57 Å². The molecular weight excluding hydrogens is 374 g/mol. The Kier molecular flexibility index (Phi) is 4.53. The lowest BCUT2D eigenvalue weighted by molar-refractivity contribution is 0.409. The van der Waals surface area contributed by atoms with Gasteiger partial charge in [-0.2, -0.15) is 0 Å². The van der Waals surface area contributed by atoms with Gasteiger partial charge >= 0.3 is 5.24 Å². The lowest BCUT2D eigenvalue weighted by Crippen LogP contribution is -1.97. The van der Waals surface area contributed by atoms with E-state index in [9.17, 15) is 4.57 Å². The Morgan fingerprint density at radius 1 is 0.842 bits per heavy atom. The van der Waals surface area contributed by atoms with E-state index in [0.717, 1.165) is 11.1 Å². The third-order valence-electron chi connectivity index (χ3n) is 2.60. The van der Waals surface area contributed by atoms with Crippen molar-refractivity contribution in [2.75, 3.05) is 0 Å². The normalized spacial score (nSPS) is 11.1. The fraction of sp³-hybridized carbons (Fsp3) is 0.143. The van der Waals surface area contributed by atoms with Crippen LogP contribution in [-0.4, -0.2) is 0 Å². The van der Waals surface area contributed by atoms with Crippen LogP contribution in [0.2, 0.25) is 0 Å². The average molecular weight is 388 g/mol. The Morgan fingerprint density at radius 2 is 1.21 bits per heavy atom. The standard InChI is InChI=1S/C14H14IO3P/c1-11-7-3-5-9-13(11)17-19(15,16)18-14-10-6-4-8-12(14)2/h3-10H,1-2H3. The van der Waals surface area contributed by atoms with E-state index >= 15 is 0 Å². The summed E-state index contributed by atoms with van der Waals surface area (Å²) < 4.78 is 23.4. The zero-order valence-corrected chi connectivity index (χ0v) is 13.7. The van der Waals surface area contributed by atoms with Crippen molar-refractivity contribution in [2.45, 2.75) is 13.8 Å². The van der Waals surface area contributed by atoms with E-state index < -0.39 is 5.24 Å². The summed E-state index contributed by atoms with van der Waals surface area (Å²) in [6.45, 7) is 3.81. The first-order valence-corrected chi connectivity index (χ1v) is 10.1. The summed E-state index contributed by atoms with van der Waals surface area (Å²) in [6, 6.07) is 14.9. The molecule has 3 nitrogen and oxygen atoms in total. The van der Waals surface area contributed by atoms with Gasteiger partial charge < -0.3 is 9.05 Å². The molecule has 0 aromatic heterocycles. The van der Waals surface area contributed by atoms with Gasteiger partial charge in [0.1, 0.15) is 11.5 Å². The Bertz CT molecular complexity index is 576. The van der Waals surface area contributed by atoms with Crippen molar-refractivity contribution in [2.24, 2.45) is 0 Å². The number of halogens is 1. The van der Waals surface area contributed by atoms with Crippen molar-refractivity contribution >= 4 is 27.3 Å². The predicted molar refractivity (Wildman–Crippen MR) is 85.2 cm³/mol. The first-order valence-electron chi connectivity index (χ1n) is 5.78. The highest BCUT2D eigenvalue weighted by Crippen LogP contribution is 2.56. The summed E-state index contributed by atoms with van der Waals surface area (Å²) in [5.41, 5.74) is 1.85. The molecular formula is C14H14IO3P. The maximum atomic E-state index is 12.4. The average Bonchev–Trinajstić information content (AvgIpc) is 2.35. The Labute approximate surface area is 126 Å². The summed E-state index contributed by atoms with van der Waals surface area (Å²) in [5.74, 6) is 1.16. The molecule has 0 atom stereocenters. The molecule has 0 unspecified atom stereocenters. The van der Waals surface area contributed by atoms with Gasteiger partial charge in [-0.3, -0.25) is 0 Å². The summed E-state index contributed by atoms with van der Waals surface area (Å²) >= 11 is 1.73. The van der Waals surface area contributed by atoms with E-state index in [1.807, 2.05) is 50.2 Å². The van der Waals surface area contributed by atoms with Crippen molar-refractivity contribution in [3.63, 3.8) is 0 Å². The fourth-order valence-corrected chi connectivity index (χ4v) is 3.76. The smallest absolute Gasteiger partial charge is 0.409 e. The molecule has 0 saturated carbocycles. The van der Waals surface area contributed by atoms with Crippen molar-refractivity contribution < 1.29 is 13.6 Å². The minimum absolute atomic E-state index is 0.578. The van der Waals surface area contributed by atoms with Gasteiger partial charge in [0, 0.05) is 0 Å². The van der Waals surface area contributed by atoms with Crippen LogP contribution in [0.15, 0.2) is 48.5 Å². The number of hydrogen-bond acceptors (Lipinski definition) is 3. The summed E-state index contributed by atoms with van der Waals surface area (Å²) in [7, 11) is 0. The molecule has 0 bridgehead atoms. The van der Waals surface area contributed by atoms with Gasteiger partial charge in [-0.15, -0.1) is 0 Å². The van der Waals surface area contributed by atoms with E-state index in [1.54, 1.807) is 34.2 Å². The molecule has 2 rings (SSSR count). The minimum Gasteiger partial charge on any atom is -0.409 e. The second-order valence-corrected chi connectivity index (χ2v) is 8.92. The molecule has 0 heterocycles. The van der Waals surface area contributed by atoms with Crippen molar-refractivity contribution in [1.29, 1.82) is 0 Å². The quantitative estimate of drug-likeness (QED) is 0.527. The third-order valence-corrected chi connectivity index (χ3v) is 4.61. The van der Waals surface area contributed by atoms with Crippen molar-refractivity contribution in [3.05, 3.63) is 59.7 Å². The Balaban J connectivity index is 2.18. The molecule has 5 heteroatoms. The first kappa shape index (κ1) is 14.4. The largest absolute Gasteiger partial charge is 0.490 e. The van der Waals surface area contributed by atoms with E-state index in [1.165, 1.54) is 0 Å². The van der Waals surface area contributed by atoms with Crippen LogP contribution >= 0.6 is 27.3 Å². The highest BCUT2D eigenvalue weighted by atomic mass is 127. The molecule has 0 saturated heterocycles. The topological polar surface area (TPSA) is 35.5 Å². The maximum absolute atomic E-state index is 12.4. The van der Waals surface area contributed by atoms with Gasteiger partial charge in [0.15, 0.2) is 0 Å². The Morgan fingerprint density at radius 3 is 1.58 bits per heavy atom. The lowest BCUT2D eigenvalue weighted by Gasteiger charge is -2.16. The zero-order valence-electron chi connectivity index (χ0n) is 10.7. The molecule has 2 aromatic rings. The van der Waals surface area contributed by atoms with Crippen LogP contribution in [0, 0.1) is 13.8 Å². The van der Waals surface area contributed by atoms with Crippen LogP contribution in [0.1, 0.15) is 11.1 Å². The highest BCUT2D eigenvalue weighted by molar-refractivity contribution is 14.2. The van der Waals surface area contributed by atoms with E-state index in [2.05, 4.69) is 0 Å². The predicted octanol–water partition coefficient (Wildman–Crippen LogP) is 5.30. The zero-order chi connectivity index (χ0) is 13.9. The van der Waals surface area contributed by atoms with E-state index in [-0.39, 0.29) is 0 Å². The van der Waals surface area contributed by atoms with Crippen molar-refractivity contribution in [1.82, 2.24) is 0 Å². The molecule has 0 spiro atoms. The molecule has 0 aliphatic rings. The van der Waals surface area contributed by atoms with Gasteiger partial charge in [0.05, 0.1) is 22.0 Å². The summed E-state index contributed by atoms with van der Waals surface area (Å²) in [5, 5.41) is -3.22. The summed E-state index contributed by atoms with van der Waals surface area (Å²) in [4.78, 5) is 0. The second kappa shape index (κ2) is 5.97. The molecule has 0 aliphatic heterocycles. The fourth-order valence-electron chi connectivity index (χ4n) is 1.57. The van der Waals surface area contributed by atoms with E-state index in [0.29, 0.717) is 11.5 Å². The number of aryl methyl sites for hydroxylation is 2. The van der Waals surface area contributed by atoms with Crippen LogP contribution < -0.4 is 9.05 Å². The van der Waals surface area contributed by atoms with Crippen molar-refractivity contribution in [3.8, 4) is 11.5 Å². The molecule has 0 N–H and O–H groups in total. The molecule has 0 amide bonds. The van der Waals surface area contributed by atoms with Gasteiger partial charge in [-0.25, -0.2) is 4.57 Å². The first-order chi connectivity index (χ1) is 8.98. The molecule has 2 aromatic carbocycles. The van der Waals surface area contributed by atoms with Gasteiger partial charge in [0.25, 0.3) is 0 Å². The maximum Gasteiger partial charge on any atom is 0.490 e. The van der Waals surface area contributed by atoms with Crippen LogP contribution in [0.4, 0.5) is 0 Å². The third kappa shape index (κ3) is 3.98. The monoisotopic (exact) mass is 388 g/mol. The molecule has 0 radical (unpaired) electrons. The van der Waals surface area contributed by atoms with Gasteiger partial charge in [-0.1, -0.05) is 36.4 Å². The SMILES string of the molecule is Cc1ccccc1OP(=O)(I)Oc1ccccc1C. The summed E-state index contributed by atoms with van der Waals surface area (Å²) in [6.07, 6.45) is 0. The molecule has 100 valence electrons. The minimum atomic E-state index is -3.22. The number of hydrogen-bond donors (Lipinski definition) is 0. The highest BCUT2D eigenvalue weighted by Gasteiger charge is 2.24.